The van der Waals surface area contributed by atoms with Gasteiger partial charge >= 0.3 is 0 Å². The number of nitrogens with one attached hydrogen (secondary N) is 1. The lowest BCUT2D eigenvalue weighted by atomic mass is 10.5. The number of rotatable bonds is 4. The van der Waals surface area contributed by atoms with Crippen LogP contribution >= 0.6 is 0 Å². The van der Waals surface area contributed by atoms with Crippen molar-refractivity contribution in [1.82, 2.24) is 9.97 Å². The summed E-state index contributed by atoms with van der Waals surface area (Å²) in [4.78, 5) is 20.4. The van der Waals surface area contributed by atoms with Gasteiger partial charge in [-0.1, -0.05) is 0 Å². The van der Waals surface area contributed by atoms with E-state index in [4.69, 9.17) is 5.73 Å². The van der Waals surface area contributed by atoms with Crippen LogP contribution in [0.5, 0.6) is 0 Å². The van der Waals surface area contributed by atoms with E-state index in [1.807, 2.05) is 14.1 Å². The first-order chi connectivity index (χ1) is 6.59. The van der Waals surface area contributed by atoms with Crippen LogP contribution < -0.4 is 16.0 Å². The minimum atomic E-state index is -0.421. The highest BCUT2D eigenvalue weighted by molar-refractivity contribution is 5.78. The normalized spacial score (nSPS) is 9.57. The zero-order chi connectivity index (χ0) is 10.6. The Morgan fingerprint density at radius 3 is 2.93 bits per heavy atom. The van der Waals surface area contributed by atoms with E-state index in [0.29, 0.717) is 11.8 Å². The Hall–Kier alpha value is -1.85. The van der Waals surface area contributed by atoms with Crippen molar-refractivity contribution in [3.05, 3.63) is 12.3 Å². The summed E-state index contributed by atoms with van der Waals surface area (Å²) >= 11 is 0. The van der Waals surface area contributed by atoms with Crippen molar-refractivity contribution >= 4 is 17.7 Å². The summed E-state index contributed by atoms with van der Waals surface area (Å²) in [6.45, 7) is 0.0733. The first-order valence-electron chi connectivity index (χ1n) is 4.12. The van der Waals surface area contributed by atoms with Crippen molar-refractivity contribution in [1.29, 1.82) is 0 Å². The van der Waals surface area contributed by atoms with Crippen LogP contribution in [0, 0.1) is 0 Å². The summed E-state index contributed by atoms with van der Waals surface area (Å²) in [5.41, 5.74) is 4.98. The summed E-state index contributed by atoms with van der Waals surface area (Å²) in [7, 11) is 3.68. The molecular formula is C8H13N5O. The average molecular weight is 195 g/mol. The molecule has 0 spiro atoms. The smallest absolute Gasteiger partial charge is 0.236 e. The second-order valence-corrected chi connectivity index (χ2v) is 2.96. The van der Waals surface area contributed by atoms with Gasteiger partial charge in [0.25, 0.3) is 0 Å². The number of aromatic nitrogens is 2. The molecule has 0 aliphatic rings. The van der Waals surface area contributed by atoms with Crippen molar-refractivity contribution in [2.24, 2.45) is 5.73 Å². The van der Waals surface area contributed by atoms with Crippen LogP contribution in [0.1, 0.15) is 0 Å². The summed E-state index contributed by atoms with van der Waals surface area (Å²) in [6.07, 6.45) is 1.62. The van der Waals surface area contributed by atoms with Crippen LogP contribution in [-0.4, -0.2) is 36.5 Å². The molecule has 1 rings (SSSR count). The highest BCUT2D eigenvalue weighted by Gasteiger charge is 2.01. The number of primary amides is 1. The number of carbonyl (C=O) groups is 1. The van der Waals surface area contributed by atoms with Crippen LogP contribution in [-0.2, 0) is 4.79 Å². The summed E-state index contributed by atoms with van der Waals surface area (Å²) in [5.74, 6) is 0.747. The van der Waals surface area contributed by atoms with Gasteiger partial charge in [0.05, 0.1) is 6.54 Å². The first kappa shape index (κ1) is 10.2. The molecule has 0 aromatic carbocycles. The Morgan fingerprint density at radius 2 is 2.36 bits per heavy atom. The molecule has 0 saturated carbocycles. The minimum Gasteiger partial charge on any atom is -0.368 e. The zero-order valence-corrected chi connectivity index (χ0v) is 8.19. The van der Waals surface area contributed by atoms with Crippen LogP contribution in [0.25, 0.3) is 0 Å². The van der Waals surface area contributed by atoms with Crippen molar-refractivity contribution in [3.8, 4) is 0 Å². The van der Waals surface area contributed by atoms with Gasteiger partial charge in [-0.3, -0.25) is 4.79 Å². The zero-order valence-electron chi connectivity index (χ0n) is 8.19. The van der Waals surface area contributed by atoms with Crippen molar-refractivity contribution < 1.29 is 4.79 Å². The third kappa shape index (κ3) is 2.89. The maximum absolute atomic E-state index is 10.5. The molecule has 0 aliphatic carbocycles. The molecule has 0 radical (unpaired) electrons. The molecule has 6 heteroatoms. The number of nitrogens with zero attached hydrogens (tertiary/aromatic N) is 3. The fraction of sp³-hybridized carbons (Fsp3) is 0.375. The molecule has 76 valence electrons. The summed E-state index contributed by atoms with van der Waals surface area (Å²) in [5, 5.41) is 2.79. The lowest BCUT2D eigenvalue weighted by Crippen LogP contribution is -2.22. The first-order valence-corrected chi connectivity index (χ1v) is 4.12. The van der Waals surface area contributed by atoms with E-state index in [0.717, 1.165) is 0 Å². The van der Waals surface area contributed by atoms with E-state index in [1.165, 1.54) is 0 Å². The number of anilines is 2. The molecule has 14 heavy (non-hydrogen) atoms. The topological polar surface area (TPSA) is 84.1 Å². The average Bonchev–Trinajstić information content (AvgIpc) is 2.15. The number of hydrogen-bond donors (Lipinski definition) is 2. The van der Waals surface area contributed by atoms with Gasteiger partial charge in [0.2, 0.25) is 11.9 Å². The Balaban J connectivity index is 2.68. The Morgan fingerprint density at radius 1 is 1.64 bits per heavy atom. The summed E-state index contributed by atoms with van der Waals surface area (Å²) < 4.78 is 0. The van der Waals surface area contributed by atoms with Crippen molar-refractivity contribution in [2.75, 3.05) is 30.9 Å². The number of hydrogen-bond acceptors (Lipinski definition) is 5. The van der Waals surface area contributed by atoms with Crippen molar-refractivity contribution in [2.45, 2.75) is 0 Å². The quantitative estimate of drug-likeness (QED) is 0.672. The van der Waals surface area contributed by atoms with Crippen LogP contribution in [0.4, 0.5) is 11.8 Å². The lowest BCUT2D eigenvalue weighted by Gasteiger charge is -2.10. The number of nitrogens with two attached hydrogens (primary N) is 1. The maximum Gasteiger partial charge on any atom is 0.236 e. The molecule has 1 aromatic heterocycles. The van der Waals surface area contributed by atoms with Gasteiger partial charge in [-0.25, -0.2) is 4.98 Å². The van der Waals surface area contributed by atoms with Crippen LogP contribution in [0.3, 0.4) is 0 Å². The predicted octanol–water partition coefficient (Wildman–Crippen LogP) is -0.560. The van der Waals surface area contributed by atoms with Gasteiger partial charge in [0.1, 0.15) is 5.82 Å². The predicted molar refractivity (Wildman–Crippen MR) is 54.0 cm³/mol. The Kier molecular flexibility index (Phi) is 3.22. The molecule has 1 heterocycles. The van der Waals surface area contributed by atoms with Crippen LogP contribution in [0.2, 0.25) is 0 Å². The van der Waals surface area contributed by atoms with E-state index in [2.05, 4.69) is 15.3 Å². The van der Waals surface area contributed by atoms with Gasteiger partial charge in [0.15, 0.2) is 0 Å². The second kappa shape index (κ2) is 4.40. The van der Waals surface area contributed by atoms with E-state index in [-0.39, 0.29) is 6.54 Å². The number of carbonyl (C=O) groups excluding carboxylic acids is 1. The molecule has 0 bridgehead atoms. The summed E-state index contributed by atoms with van der Waals surface area (Å²) in [6, 6.07) is 1.68. The van der Waals surface area contributed by atoms with Gasteiger partial charge < -0.3 is 16.0 Å². The van der Waals surface area contributed by atoms with E-state index in [9.17, 15) is 4.79 Å². The second-order valence-electron chi connectivity index (χ2n) is 2.96. The van der Waals surface area contributed by atoms with Gasteiger partial charge in [-0.05, 0) is 6.07 Å². The Labute approximate surface area is 82.1 Å². The van der Waals surface area contributed by atoms with Gasteiger partial charge in [-0.2, -0.15) is 4.98 Å². The minimum absolute atomic E-state index is 0.0733. The molecule has 0 fully saturated rings. The SMILES string of the molecule is CN(C)c1nccc(NCC(N)=O)n1. The molecule has 6 nitrogen and oxygen atoms in total. The lowest BCUT2D eigenvalue weighted by molar-refractivity contribution is -0.116. The highest BCUT2D eigenvalue weighted by atomic mass is 16.1. The van der Waals surface area contributed by atoms with E-state index < -0.39 is 5.91 Å². The largest absolute Gasteiger partial charge is 0.368 e. The molecular weight excluding hydrogens is 182 g/mol. The highest BCUT2D eigenvalue weighted by Crippen LogP contribution is 2.06. The van der Waals surface area contributed by atoms with Gasteiger partial charge in [0, 0.05) is 20.3 Å². The van der Waals surface area contributed by atoms with E-state index >= 15 is 0 Å². The maximum atomic E-state index is 10.5. The molecule has 0 aliphatic heterocycles. The third-order valence-corrected chi connectivity index (χ3v) is 1.49. The fourth-order valence-electron chi connectivity index (χ4n) is 0.840. The van der Waals surface area contributed by atoms with Crippen molar-refractivity contribution in [3.63, 3.8) is 0 Å². The molecule has 1 aromatic rings. The third-order valence-electron chi connectivity index (χ3n) is 1.49. The molecule has 0 saturated heterocycles. The molecule has 0 atom stereocenters. The monoisotopic (exact) mass is 195 g/mol. The number of amides is 1. The van der Waals surface area contributed by atoms with Crippen LogP contribution in [0.15, 0.2) is 12.3 Å². The van der Waals surface area contributed by atoms with Gasteiger partial charge in [-0.15, -0.1) is 0 Å². The standard InChI is InChI=1S/C8H13N5O/c1-13(2)8-10-4-3-7(12-8)11-5-6(9)14/h3-4H,5H2,1-2H3,(H2,9,14)(H,10,11,12). The molecule has 3 N–H and O–H groups in total. The Bertz CT molecular complexity index is 325. The van der Waals surface area contributed by atoms with E-state index in [1.54, 1.807) is 17.2 Å². The molecule has 1 amide bonds. The fourth-order valence-corrected chi connectivity index (χ4v) is 0.840. The molecule has 0 unspecified atom stereocenters.